The van der Waals surface area contributed by atoms with Crippen LogP contribution in [0.2, 0.25) is 0 Å². The van der Waals surface area contributed by atoms with Gasteiger partial charge in [-0.1, -0.05) is 12.1 Å². The van der Waals surface area contributed by atoms with Gasteiger partial charge in [-0.25, -0.2) is 9.78 Å². The van der Waals surface area contributed by atoms with Gasteiger partial charge in [0.25, 0.3) is 11.1 Å². The molecule has 10 heteroatoms. The number of imidazole rings is 1. The summed E-state index contributed by atoms with van der Waals surface area (Å²) < 4.78 is 10.7. The van der Waals surface area contributed by atoms with E-state index in [0.717, 1.165) is 27.7 Å². The normalized spacial score (nSPS) is 16.6. The average Bonchev–Trinajstić information content (AvgIpc) is 3.40. The number of para-hydroxylation sites is 2. The van der Waals surface area contributed by atoms with Crippen molar-refractivity contribution < 1.29 is 23.5 Å². The first kappa shape index (κ1) is 20.3. The Hall–Kier alpha value is -2.98. The summed E-state index contributed by atoms with van der Waals surface area (Å²) in [5.41, 5.74) is 1.78. The summed E-state index contributed by atoms with van der Waals surface area (Å²) in [4.78, 5) is 45.5. The van der Waals surface area contributed by atoms with Gasteiger partial charge < -0.3 is 14.1 Å². The van der Waals surface area contributed by atoms with Crippen LogP contribution >= 0.6 is 23.5 Å². The van der Waals surface area contributed by atoms with E-state index >= 15 is 0 Å². The SMILES string of the molecule is CCOC(=O)C(C)N1C(=O)SC(=Cc2ccc(Sc3nc4ccccc4[nH]3)o2)C1=O. The van der Waals surface area contributed by atoms with Crippen LogP contribution in [0.5, 0.6) is 0 Å². The number of nitrogens with one attached hydrogen (secondary N) is 1. The van der Waals surface area contributed by atoms with Gasteiger partial charge >= 0.3 is 5.97 Å². The molecule has 4 rings (SSSR count). The third-order valence-electron chi connectivity index (χ3n) is 4.28. The van der Waals surface area contributed by atoms with Crippen molar-refractivity contribution in [2.24, 2.45) is 0 Å². The van der Waals surface area contributed by atoms with Crippen molar-refractivity contribution in [2.45, 2.75) is 30.1 Å². The van der Waals surface area contributed by atoms with Crippen LogP contribution < -0.4 is 0 Å². The number of carbonyl (C=O) groups excluding carboxylic acids is 3. The molecule has 30 heavy (non-hydrogen) atoms. The number of amides is 2. The largest absolute Gasteiger partial charge is 0.464 e. The first-order valence-electron chi connectivity index (χ1n) is 9.12. The maximum absolute atomic E-state index is 12.6. The van der Waals surface area contributed by atoms with Crippen molar-refractivity contribution in [3.05, 3.63) is 47.1 Å². The van der Waals surface area contributed by atoms with Crippen molar-refractivity contribution in [3.63, 3.8) is 0 Å². The van der Waals surface area contributed by atoms with E-state index in [-0.39, 0.29) is 11.5 Å². The number of nitrogens with zero attached hydrogens (tertiary/aromatic N) is 2. The number of thioether (sulfide) groups is 1. The van der Waals surface area contributed by atoms with E-state index in [9.17, 15) is 14.4 Å². The summed E-state index contributed by atoms with van der Waals surface area (Å²) in [6, 6.07) is 10.2. The molecule has 2 aromatic heterocycles. The first-order valence-corrected chi connectivity index (χ1v) is 10.8. The number of aromatic nitrogens is 2. The van der Waals surface area contributed by atoms with Gasteiger partial charge in [-0.05, 0) is 61.6 Å². The smallest absolute Gasteiger partial charge is 0.329 e. The van der Waals surface area contributed by atoms with Crippen molar-refractivity contribution in [2.75, 3.05) is 6.61 Å². The van der Waals surface area contributed by atoms with Crippen LogP contribution in [0.1, 0.15) is 19.6 Å². The topological polar surface area (TPSA) is 106 Å². The molecule has 1 aliphatic heterocycles. The number of aromatic amines is 1. The van der Waals surface area contributed by atoms with E-state index in [1.165, 1.54) is 24.8 Å². The quantitative estimate of drug-likeness (QED) is 0.444. The molecule has 0 aliphatic carbocycles. The molecule has 0 bridgehead atoms. The number of hydrogen-bond donors (Lipinski definition) is 1. The second-order valence-electron chi connectivity index (χ2n) is 6.30. The Balaban J connectivity index is 1.49. The van der Waals surface area contributed by atoms with Crippen molar-refractivity contribution in [1.29, 1.82) is 0 Å². The molecule has 0 saturated carbocycles. The third-order valence-corrected chi connectivity index (χ3v) is 5.97. The number of hydrogen-bond acceptors (Lipinski definition) is 8. The Morgan fingerprint density at radius 3 is 2.90 bits per heavy atom. The summed E-state index contributed by atoms with van der Waals surface area (Å²) in [5, 5.41) is 0.746. The van der Waals surface area contributed by atoms with Gasteiger partial charge in [0.05, 0.1) is 22.5 Å². The summed E-state index contributed by atoms with van der Waals surface area (Å²) in [5.74, 6) is -0.750. The molecular weight excluding hydrogens is 426 g/mol. The number of benzene rings is 1. The van der Waals surface area contributed by atoms with Gasteiger partial charge in [0.1, 0.15) is 11.8 Å². The maximum atomic E-state index is 12.6. The molecule has 0 radical (unpaired) electrons. The van der Waals surface area contributed by atoms with Crippen molar-refractivity contribution >= 4 is 57.7 Å². The van der Waals surface area contributed by atoms with Crippen LogP contribution in [0.25, 0.3) is 17.1 Å². The summed E-state index contributed by atoms with van der Waals surface area (Å²) in [6.07, 6.45) is 1.49. The number of fused-ring (bicyclic) bond motifs is 1. The molecule has 8 nitrogen and oxygen atoms in total. The van der Waals surface area contributed by atoms with E-state index in [0.29, 0.717) is 16.0 Å². The molecule has 3 aromatic rings. The molecule has 1 saturated heterocycles. The van der Waals surface area contributed by atoms with Gasteiger partial charge in [-0.3, -0.25) is 14.5 Å². The first-order chi connectivity index (χ1) is 14.5. The highest BCUT2D eigenvalue weighted by molar-refractivity contribution is 8.18. The average molecular weight is 444 g/mol. The maximum Gasteiger partial charge on any atom is 0.329 e. The second-order valence-corrected chi connectivity index (χ2v) is 8.28. The van der Waals surface area contributed by atoms with Gasteiger partial charge in [0.15, 0.2) is 10.2 Å². The van der Waals surface area contributed by atoms with E-state index in [1.54, 1.807) is 19.1 Å². The predicted octanol–water partition coefficient (Wildman–Crippen LogP) is 4.30. The Labute approximate surface area is 180 Å². The van der Waals surface area contributed by atoms with Crippen molar-refractivity contribution in [3.8, 4) is 0 Å². The number of ether oxygens (including phenoxy) is 1. The highest BCUT2D eigenvalue weighted by Gasteiger charge is 2.41. The molecular formula is C20H17N3O5S2. The van der Waals surface area contributed by atoms with Crippen LogP contribution in [0.15, 0.2) is 56.0 Å². The zero-order chi connectivity index (χ0) is 21.3. The fourth-order valence-electron chi connectivity index (χ4n) is 2.85. The van der Waals surface area contributed by atoms with E-state index in [4.69, 9.17) is 9.15 Å². The van der Waals surface area contributed by atoms with Gasteiger partial charge in [0.2, 0.25) is 0 Å². The standard InChI is InChI=1S/C20H17N3O5S2/c1-3-27-18(25)11(2)23-17(24)15(29-20(23)26)10-12-8-9-16(28-12)30-19-21-13-6-4-5-7-14(13)22-19/h4-11H,3H2,1-2H3,(H,21,22). The number of carbonyl (C=O) groups is 3. The highest BCUT2D eigenvalue weighted by Crippen LogP contribution is 2.35. The molecule has 3 heterocycles. The fraction of sp³-hybridized carbons (Fsp3) is 0.200. The molecule has 1 fully saturated rings. The Bertz CT molecular complexity index is 1130. The number of rotatable bonds is 6. The van der Waals surface area contributed by atoms with Crippen molar-refractivity contribution in [1.82, 2.24) is 14.9 Å². The van der Waals surface area contributed by atoms with Crippen LogP contribution in [0.3, 0.4) is 0 Å². The van der Waals surface area contributed by atoms with Crippen LogP contribution in [0, 0.1) is 0 Å². The molecule has 1 atom stereocenters. The number of esters is 1. The van der Waals surface area contributed by atoms with Gasteiger partial charge in [-0.2, -0.15) is 0 Å². The van der Waals surface area contributed by atoms with Gasteiger partial charge in [-0.15, -0.1) is 0 Å². The van der Waals surface area contributed by atoms with Crippen LogP contribution in [0.4, 0.5) is 4.79 Å². The zero-order valence-corrected chi connectivity index (χ0v) is 17.7. The third kappa shape index (κ3) is 4.01. The number of furan rings is 1. The minimum absolute atomic E-state index is 0.174. The lowest BCUT2D eigenvalue weighted by Crippen LogP contribution is -2.42. The predicted molar refractivity (Wildman–Crippen MR) is 113 cm³/mol. The molecule has 1 N–H and O–H groups in total. The Morgan fingerprint density at radius 1 is 1.33 bits per heavy atom. The Kier molecular flexibility index (Phi) is 5.69. The number of imide groups is 1. The Morgan fingerprint density at radius 2 is 2.13 bits per heavy atom. The van der Waals surface area contributed by atoms with Gasteiger partial charge in [0, 0.05) is 6.08 Å². The number of H-pyrrole nitrogens is 1. The molecule has 2 amide bonds. The molecule has 1 aliphatic rings. The minimum atomic E-state index is -0.987. The molecule has 1 aromatic carbocycles. The lowest BCUT2D eigenvalue weighted by Gasteiger charge is -2.19. The summed E-state index contributed by atoms with van der Waals surface area (Å²) in [7, 11) is 0. The monoisotopic (exact) mass is 443 g/mol. The molecule has 1 unspecified atom stereocenters. The minimum Gasteiger partial charge on any atom is -0.464 e. The fourth-order valence-corrected chi connectivity index (χ4v) is 4.51. The lowest BCUT2D eigenvalue weighted by atomic mass is 10.3. The van der Waals surface area contributed by atoms with E-state index in [1.807, 2.05) is 24.3 Å². The molecule has 154 valence electrons. The molecule has 0 spiro atoms. The highest BCUT2D eigenvalue weighted by atomic mass is 32.2. The zero-order valence-electron chi connectivity index (χ0n) is 16.1. The lowest BCUT2D eigenvalue weighted by molar-refractivity contribution is -0.150. The summed E-state index contributed by atoms with van der Waals surface area (Å²) in [6.45, 7) is 3.30. The van der Waals surface area contributed by atoms with Crippen LogP contribution in [-0.2, 0) is 14.3 Å². The summed E-state index contributed by atoms with van der Waals surface area (Å²) >= 11 is 2.08. The second kappa shape index (κ2) is 8.41. The van der Waals surface area contributed by atoms with E-state index < -0.39 is 23.2 Å². The van der Waals surface area contributed by atoms with E-state index in [2.05, 4.69) is 9.97 Å². The van der Waals surface area contributed by atoms with Crippen LogP contribution in [-0.4, -0.2) is 44.6 Å².